The van der Waals surface area contributed by atoms with Crippen LogP contribution in [0.25, 0.3) is 72.6 Å². The van der Waals surface area contributed by atoms with E-state index in [-0.39, 0.29) is 0 Å². The molecule has 0 N–H and O–H groups in total. The SMILES string of the molecule is c1ccc(-n2c3ccccc3c3cc(N(c4ccc(-c5nc6ccccc6o5)cc4)c4ccc(-c5nc6ccccc6o5)cc4)ccc32)cc1. The smallest absolute Gasteiger partial charge is 0.227 e. The van der Waals surface area contributed by atoms with Crippen LogP contribution in [0.4, 0.5) is 17.1 Å². The second kappa shape index (κ2) is 11.4. The molecule has 0 amide bonds. The Morgan fingerprint density at radius 3 is 1.52 bits per heavy atom. The van der Waals surface area contributed by atoms with Gasteiger partial charge in [-0.05, 0) is 109 Å². The summed E-state index contributed by atoms with van der Waals surface area (Å²) in [6, 6.07) is 58.3. The van der Waals surface area contributed by atoms with Gasteiger partial charge >= 0.3 is 0 Å². The minimum atomic E-state index is 0.599. The molecule has 7 aromatic carbocycles. The number of hydrogen-bond acceptors (Lipinski definition) is 5. The van der Waals surface area contributed by atoms with Gasteiger partial charge in [0.1, 0.15) is 11.0 Å². The average molecular weight is 645 g/mol. The van der Waals surface area contributed by atoms with Crippen molar-refractivity contribution in [3.8, 4) is 28.6 Å². The van der Waals surface area contributed by atoms with Gasteiger partial charge in [0.25, 0.3) is 0 Å². The number of oxazole rings is 2. The molecule has 0 atom stereocenters. The fourth-order valence-electron chi connectivity index (χ4n) is 6.90. The lowest BCUT2D eigenvalue weighted by Gasteiger charge is -2.26. The zero-order valence-corrected chi connectivity index (χ0v) is 26.8. The maximum absolute atomic E-state index is 6.09. The van der Waals surface area contributed by atoms with Gasteiger partial charge in [-0.1, -0.05) is 60.7 Å². The van der Waals surface area contributed by atoms with Gasteiger partial charge in [0, 0.05) is 44.6 Å². The van der Waals surface area contributed by atoms with Crippen molar-refractivity contribution in [1.29, 1.82) is 0 Å². The van der Waals surface area contributed by atoms with Gasteiger partial charge in [0.15, 0.2) is 11.2 Å². The summed E-state index contributed by atoms with van der Waals surface area (Å²) < 4.78 is 14.5. The standard InChI is InChI=1S/C44H28N4O2/c1-2-10-31(11-3-1)48-39-15-7-4-12-35(39)36-28-34(26-27-40(36)48)47(32-22-18-29(19-23-32)43-45-37-13-5-8-16-41(37)49-43)33-24-20-30(21-25-33)44-46-38-14-6-9-17-42(38)50-44/h1-28H. The number of fused-ring (bicyclic) bond motifs is 5. The summed E-state index contributed by atoms with van der Waals surface area (Å²) >= 11 is 0. The van der Waals surface area contributed by atoms with Gasteiger partial charge in [-0.15, -0.1) is 0 Å². The summed E-state index contributed by atoms with van der Waals surface area (Å²) in [5.41, 5.74) is 11.6. The normalized spacial score (nSPS) is 11.6. The molecular formula is C44H28N4O2. The number of nitrogens with zero attached hydrogens (tertiary/aromatic N) is 4. The molecule has 50 heavy (non-hydrogen) atoms. The van der Waals surface area contributed by atoms with E-state index in [1.807, 2.05) is 48.5 Å². The van der Waals surface area contributed by atoms with Gasteiger partial charge in [0.05, 0.1) is 11.0 Å². The van der Waals surface area contributed by atoms with Crippen molar-refractivity contribution in [3.63, 3.8) is 0 Å². The monoisotopic (exact) mass is 644 g/mol. The molecule has 0 saturated carbocycles. The summed E-state index contributed by atoms with van der Waals surface area (Å²) in [4.78, 5) is 11.7. The first-order valence-corrected chi connectivity index (χ1v) is 16.6. The Bertz CT molecular complexity index is 2630. The molecule has 6 nitrogen and oxygen atoms in total. The van der Waals surface area contributed by atoms with Crippen LogP contribution in [0.3, 0.4) is 0 Å². The fraction of sp³-hybridized carbons (Fsp3) is 0. The maximum Gasteiger partial charge on any atom is 0.227 e. The molecule has 6 heteroatoms. The van der Waals surface area contributed by atoms with Crippen LogP contribution in [0.5, 0.6) is 0 Å². The molecule has 0 aliphatic heterocycles. The quantitative estimate of drug-likeness (QED) is 0.180. The molecule has 236 valence electrons. The summed E-state index contributed by atoms with van der Waals surface area (Å²) in [5.74, 6) is 1.20. The van der Waals surface area contributed by atoms with Gasteiger partial charge in [-0.25, -0.2) is 9.97 Å². The molecule has 0 aliphatic carbocycles. The predicted molar refractivity (Wildman–Crippen MR) is 201 cm³/mol. The van der Waals surface area contributed by atoms with Crippen molar-refractivity contribution in [2.45, 2.75) is 0 Å². The van der Waals surface area contributed by atoms with E-state index in [0.29, 0.717) is 11.8 Å². The highest BCUT2D eigenvalue weighted by Crippen LogP contribution is 2.41. The molecule has 0 bridgehead atoms. The van der Waals surface area contributed by atoms with E-state index in [2.05, 4.69) is 131 Å². The second-order valence-corrected chi connectivity index (χ2v) is 12.3. The zero-order valence-electron chi connectivity index (χ0n) is 26.8. The third-order valence-corrected chi connectivity index (χ3v) is 9.26. The highest BCUT2D eigenvalue weighted by molar-refractivity contribution is 6.10. The first kappa shape index (κ1) is 28.1. The Labute approximate surface area is 287 Å². The van der Waals surface area contributed by atoms with Gasteiger partial charge in [0.2, 0.25) is 11.8 Å². The summed E-state index contributed by atoms with van der Waals surface area (Å²) in [5, 5.41) is 2.38. The molecular weight excluding hydrogens is 617 g/mol. The van der Waals surface area contributed by atoms with Crippen LogP contribution in [0.1, 0.15) is 0 Å². The zero-order chi connectivity index (χ0) is 33.0. The third-order valence-electron chi connectivity index (χ3n) is 9.26. The summed E-state index contributed by atoms with van der Waals surface area (Å²) in [7, 11) is 0. The lowest BCUT2D eigenvalue weighted by atomic mass is 10.1. The highest BCUT2D eigenvalue weighted by atomic mass is 16.4. The third kappa shape index (κ3) is 4.65. The lowest BCUT2D eigenvalue weighted by molar-refractivity contribution is 0.619. The van der Waals surface area contributed by atoms with Gasteiger partial charge in [-0.3, -0.25) is 0 Å². The van der Waals surface area contributed by atoms with Crippen molar-refractivity contribution in [2.24, 2.45) is 0 Å². The van der Waals surface area contributed by atoms with E-state index in [0.717, 1.165) is 61.6 Å². The molecule has 0 spiro atoms. The van der Waals surface area contributed by atoms with Crippen molar-refractivity contribution in [2.75, 3.05) is 4.90 Å². The highest BCUT2D eigenvalue weighted by Gasteiger charge is 2.19. The number of benzene rings is 7. The second-order valence-electron chi connectivity index (χ2n) is 12.3. The Balaban J connectivity index is 1.11. The average Bonchev–Trinajstić information content (AvgIpc) is 3.90. The Morgan fingerprint density at radius 2 is 0.920 bits per heavy atom. The van der Waals surface area contributed by atoms with Crippen molar-refractivity contribution < 1.29 is 8.83 Å². The number of anilines is 3. The van der Waals surface area contributed by atoms with Crippen LogP contribution >= 0.6 is 0 Å². The van der Waals surface area contributed by atoms with Crippen LogP contribution in [0.15, 0.2) is 179 Å². The Morgan fingerprint density at radius 1 is 0.420 bits per heavy atom. The molecule has 10 rings (SSSR count). The predicted octanol–water partition coefficient (Wildman–Crippen LogP) is 11.9. The summed E-state index contributed by atoms with van der Waals surface area (Å²) in [6.45, 7) is 0. The fourth-order valence-corrected chi connectivity index (χ4v) is 6.90. The maximum atomic E-state index is 6.09. The minimum absolute atomic E-state index is 0.599. The molecule has 0 fully saturated rings. The molecule has 0 unspecified atom stereocenters. The Hall–Kier alpha value is -6.92. The molecule has 0 radical (unpaired) electrons. The molecule has 3 aromatic heterocycles. The largest absolute Gasteiger partial charge is 0.436 e. The van der Waals surface area contributed by atoms with E-state index in [4.69, 9.17) is 18.8 Å². The Kier molecular flexibility index (Phi) is 6.39. The van der Waals surface area contributed by atoms with Crippen LogP contribution in [-0.2, 0) is 0 Å². The molecule has 0 saturated heterocycles. The van der Waals surface area contributed by atoms with E-state index in [1.165, 1.54) is 16.3 Å². The first-order chi connectivity index (χ1) is 24.8. The molecule has 0 aliphatic rings. The van der Waals surface area contributed by atoms with E-state index in [9.17, 15) is 0 Å². The molecule has 3 heterocycles. The van der Waals surface area contributed by atoms with Crippen LogP contribution in [-0.4, -0.2) is 14.5 Å². The van der Waals surface area contributed by atoms with Crippen molar-refractivity contribution >= 4 is 61.1 Å². The van der Waals surface area contributed by atoms with Crippen LogP contribution in [0, 0.1) is 0 Å². The van der Waals surface area contributed by atoms with Gasteiger partial charge < -0.3 is 18.3 Å². The van der Waals surface area contributed by atoms with Crippen LogP contribution in [0.2, 0.25) is 0 Å². The minimum Gasteiger partial charge on any atom is -0.436 e. The van der Waals surface area contributed by atoms with E-state index in [1.54, 1.807) is 0 Å². The number of rotatable bonds is 6. The van der Waals surface area contributed by atoms with E-state index >= 15 is 0 Å². The summed E-state index contributed by atoms with van der Waals surface area (Å²) in [6.07, 6.45) is 0. The van der Waals surface area contributed by atoms with Crippen molar-refractivity contribution in [3.05, 3.63) is 170 Å². The number of hydrogen-bond donors (Lipinski definition) is 0. The number of aromatic nitrogens is 3. The van der Waals surface area contributed by atoms with Crippen LogP contribution < -0.4 is 4.90 Å². The lowest BCUT2D eigenvalue weighted by Crippen LogP contribution is -2.10. The van der Waals surface area contributed by atoms with Gasteiger partial charge in [-0.2, -0.15) is 0 Å². The first-order valence-electron chi connectivity index (χ1n) is 16.6. The topological polar surface area (TPSA) is 60.2 Å². The molecule has 10 aromatic rings. The number of para-hydroxylation sites is 6. The van der Waals surface area contributed by atoms with Crippen molar-refractivity contribution in [1.82, 2.24) is 14.5 Å². The van der Waals surface area contributed by atoms with E-state index < -0.39 is 0 Å².